The van der Waals surface area contributed by atoms with Gasteiger partial charge in [0.1, 0.15) is 0 Å². The third-order valence-corrected chi connectivity index (χ3v) is 5.96. The lowest BCUT2D eigenvalue weighted by Gasteiger charge is -2.41. The van der Waals surface area contributed by atoms with Gasteiger partial charge in [-0.25, -0.2) is 4.98 Å². The Kier molecular flexibility index (Phi) is 5.11. The first kappa shape index (κ1) is 17.7. The first-order valence-electron chi connectivity index (χ1n) is 9.75. The second kappa shape index (κ2) is 7.50. The highest BCUT2D eigenvalue weighted by Crippen LogP contribution is 2.32. The molecule has 26 heavy (non-hydrogen) atoms. The zero-order chi connectivity index (χ0) is 18.1. The van der Waals surface area contributed by atoms with Crippen LogP contribution in [0.2, 0.25) is 0 Å². The van der Waals surface area contributed by atoms with E-state index in [2.05, 4.69) is 38.8 Å². The minimum Gasteiger partial charge on any atom is -0.374 e. The molecule has 3 heterocycles. The third kappa shape index (κ3) is 3.19. The molecular weight excluding hydrogens is 328 g/mol. The van der Waals surface area contributed by atoms with Crippen LogP contribution in [0, 0.1) is 0 Å². The number of imidazole rings is 1. The largest absolute Gasteiger partial charge is 0.374 e. The predicted octanol–water partition coefficient (Wildman–Crippen LogP) is 1.58. The zero-order valence-electron chi connectivity index (χ0n) is 16.1. The van der Waals surface area contributed by atoms with Crippen LogP contribution in [0.25, 0.3) is 0 Å². The van der Waals surface area contributed by atoms with Crippen LogP contribution in [0.3, 0.4) is 0 Å². The lowest BCUT2D eigenvalue weighted by molar-refractivity contribution is -0.0725. The maximum atomic E-state index is 6.22. The third-order valence-electron chi connectivity index (χ3n) is 5.96. The molecule has 1 N–H and O–H groups in total. The minimum atomic E-state index is 0.126. The zero-order valence-corrected chi connectivity index (χ0v) is 16.1. The average molecular weight is 358 g/mol. The molecule has 1 aliphatic carbocycles. The molecule has 2 aromatic rings. The van der Waals surface area contributed by atoms with Crippen LogP contribution < -0.4 is 5.32 Å². The average Bonchev–Trinajstić information content (AvgIpc) is 3.26. The van der Waals surface area contributed by atoms with Crippen LogP contribution in [-0.4, -0.2) is 56.6 Å². The van der Waals surface area contributed by atoms with Gasteiger partial charge in [-0.2, -0.15) is 5.10 Å². The van der Waals surface area contributed by atoms with E-state index in [1.807, 2.05) is 30.5 Å². The highest BCUT2D eigenvalue weighted by atomic mass is 16.5. The summed E-state index contributed by atoms with van der Waals surface area (Å²) in [6.07, 6.45) is 9.53. The second-order valence-corrected chi connectivity index (χ2v) is 7.44. The normalized spacial score (nSPS) is 26.8. The smallest absolute Gasteiger partial charge is 0.0946 e. The summed E-state index contributed by atoms with van der Waals surface area (Å²) in [5.74, 6) is 0. The van der Waals surface area contributed by atoms with Gasteiger partial charge in [0.2, 0.25) is 0 Å². The Labute approximate surface area is 155 Å². The number of hydrogen-bond acceptors (Lipinski definition) is 5. The molecule has 7 nitrogen and oxygen atoms in total. The molecule has 7 heteroatoms. The van der Waals surface area contributed by atoms with Crippen molar-refractivity contribution in [3.05, 3.63) is 35.7 Å². The molecule has 1 saturated heterocycles. The number of fused-ring (bicyclic) bond motifs is 1. The van der Waals surface area contributed by atoms with Crippen LogP contribution >= 0.6 is 0 Å². The van der Waals surface area contributed by atoms with Gasteiger partial charge in [-0.15, -0.1) is 0 Å². The first-order chi connectivity index (χ1) is 12.7. The Morgan fingerprint density at radius 1 is 1.31 bits per heavy atom. The second-order valence-electron chi connectivity index (χ2n) is 7.44. The van der Waals surface area contributed by atoms with Crippen molar-refractivity contribution in [2.45, 2.75) is 44.4 Å². The van der Waals surface area contributed by atoms with Gasteiger partial charge < -0.3 is 14.6 Å². The summed E-state index contributed by atoms with van der Waals surface area (Å²) in [5.41, 5.74) is 3.96. The maximum absolute atomic E-state index is 6.22. The van der Waals surface area contributed by atoms with Crippen molar-refractivity contribution in [1.82, 2.24) is 29.5 Å². The van der Waals surface area contributed by atoms with E-state index in [9.17, 15) is 0 Å². The Balaban J connectivity index is 1.50. The van der Waals surface area contributed by atoms with Gasteiger partial charge in [0.15, 0.2) is 0 Å². The molecule has 4 rings (SSSR count). The van der Waals surface area contributed by atoms with Crippen LogP contribution in [0.5, 0.6) is 0 Å². The highest BCUT2D eigenvalue weighted by Gasteiger charge is 2.35. The van der Waals surface area contributed by atoms with E-state index in [-0.39, 0.29) is 12.1 Å². The molecule has 142 valence electrons. The van der Waals surface area contributed by atoms with Crippen molar-refractivity contribution in [2.75, 3.05) is 26.2 Å². The number of nitrogens with zero attached hydrogens (tertiary/aromatic N) is 5. The highest BCUT2D eigenvalue weighted by molar-refractivity contribution is 5.24. The summed E-state index contributed by atoms with van der Waals surface area (Å²) < 4.78 is 10.4. The fourth-order valence-corrected chi connectivity index (χ4v) is 4.52. The van der Waals surface area contributed by atoms with Crippen molar-refractivity contribution in [3.63, 3.8) is 0 Å². The molecule has 0 spiro atoms. The summed E-state index contributed by atoms with van der Waals surface area (Å²) in [6.45, 7) is 5.84. The Morgan fingerprint density at radius 3 is 2.96 bits per heavy atom. The van der Waals surface area contributed by atoms with Crippen molar-refractivity contribution in [1.29, 1.82) is 0 Å². The summed E-state index contributed by atoms with van der Waals surface area (Å²) in [4.78, 5) is 6.84. The van der Waals surface area contributed by atoms with Crippen molar-refractivity contribution < 1.29 is 4.74 Å². The minimum absolute atomic E-state index is 0.126. The monoisotopic (exact) mass is 358 g/mol. The van der Waals surface area contributed by atoms with Crippen molar-refractivity contribution >= 4 is 0 Å². The number of nitrogens with one attached hydrogen (secondary N) is 1. The van der Waals surface area contributed by atoms with Crippen molar-refractivity contribution in [2.24, 2.45) is 14.1 Å². The number of aryl methyl sites for hydroxylation is 2. The number of aromatic nitrogens is 4. The molecule has 3 atom stereocenters. The molecule has 1 fully saturated rings. The van der Waals surface area contributed by atoms with E-state index in [4.69, 9.17) is 4.74 Å². The molecule has 2 aromatic heterocycles. The van der Waals surface area contributed by atoms with E-state index in [0.29, 0.717) is 6.04 Å². The van der Waals surface area contributed by atoms with E-state index in [0.717, 1.165) is 32.7 Å². The first-order valence-corrected chi connectivity index (χ1v) is 9.75. The molecule has 0 saturated carbocycles. The lowest BCUT2D eigenvalue weighted by Crippen LogP contribution is -2.50. The van der Waals surface area contributed by atoms with Gasteiger partial charge in [-0.05, 0) is 25.8 Å². The van der Waals surface area contributed by atoms with Gasteiger partial charge >= 0.3 is 0 Å². The SMILES string of the molecule is CCN1CCO[C@@H](CNC2CCCc3c2cnn3C)[C@@H]1c1cncn1C. The van der Waals surface area contributed by atoms with E-state index in [1.54, 1.807) is 0 Å². The molecule has 0 amide bonds. The topological polar surface area (TPSA) is 60.1 Å². The molecule has 0 bridgehead atoms. The lowest BCUT2D eigenvalue weighted by atomic mass is 9.92. The fourth-order valence-electron chi connectivity index (χ4n) is 4.52. The summed E-state index contributed by atoms with van der Waals surface area (Å²) >= 11 is 0. The standard InChI is InChI=1S/C19H30N6O/c1-4-25-8-9-26-18(19(25)17-11-20-13-23(17)2)12-21-15-6-5-7-16-14(15)10-22-24(16)3/h10-11,13,15,18-19,21H,4-9,12H2,1-3H3/t15?,18-,19-/m0/s1. The molecular formula is C19H30N6O. The Hall–Kier alpha value is -1.70. The number of ether oxygens (including phenoxy) is 1. The summed E-state index contributed by atoms with van der Waals surface area (Å²) in [7, 11) is 4.11. The maximum Gasteiger partial charge on any atom is 0.0946 e. The molecule has 1 unspecified atom stereocenters. The van der Waals surface area contributed by atoms with E-state index < -0.39 is 0 Å². The predicted molar refractivity (Wildman–Crippen MR) is 99.8 cm³/mol. The quantitative estimate of drug-likeness (QED) is 0.879. The molecule has 0 aromatic carbocycles. The van der Waals surface area contributed by atoms with Crippen molar-refractivity contribution in [3.8, 4) is 0 Å². The summed E-state index contributed by atoms with van der Waals surface area (Å²) in [6, 6.07) is 0.617. The number of hydrogen-bond donors (Lipinski definition) is 1. The van der Waals surface area contributed by atoms with Gasteiger partial charge in [0.25, 0.3) is 0 Å². The number of rotatable bonds is 5. The number of likely N-dealkylation sites (N-methyl/N-ethyl adjacent to an activating group) is 1. The van der Waals surface area contributed by atoms with Gasteiger partial charge in [-0.3, -0.25) is 9.58 Å². The Bertz CT molecular complexity index is 738. The number of morpholine rings is 1. The van der Waals surface area contributed by atoms with Crippen LogP contribution in [-0.2, 0) is 25.3 Å². The van der Waals surface area contributed by atoms with Gasteiger partial charge in [0, 0.05) is 50.7 Å². The van der Waals surface area contributed by atoms with Gasteiger partial charge in [0.05, 0.1) is 37.0 Å². The van der Waals surface area contributed by atoms with Crippen LogP contribution in [0.15, 0.2) is 18.7 Å². The van der Waals surface area contributed by atoms with E-state index in [1.165, 1.54) is 29.8 Å². The molecule has 2 aliphatic rings. The fraction of sp³-hybridized carbons (Fsp3) is 0.684. The van der Waals surface area contributed by atoms with Gasteiger partial charge in [-0.1, -0.05) is 6.92 Å². The molecule has 1 aliphatic heterocycles. The molecule has 0 radical (unpaired) electrons. The summed E-state index contributed by atoms with van der Waals surface area (Å²) in [5, 5.41) is 8.24. The Morgan fingerprint density at radius 2 is 2.19 bits per heavy atom. The van der Waals surface area contributed by atoms with Crippen LogP contribution in [0.1, 0.15) is 48.8 Å². The van der Waals surface area contributed by atoms with Crippen LogP contribution in [0.4, 0.5) is 0 Å². The van der Waals surface area contributed by atoms with E-state index >= 15 is 0 Å².